The fourth-order valence-electron chi connectivity index (χ4n) is 4.66. The third-order valence-corrected chi connectivity index (χ3v) is 6.60. The van der Waals surface area contributed by atoms with E-state index in [1.54, 1.807) is 0 Å². The summed E-state index contributed by atoms with van der Waals surface area (Å²) >= 11 is 5.85. The van der Waals surface area contributed by atoms with Gasteiger partial charge in [0.15, 0.2) is 18.3 Å². The predicted octanol–water partition coefficient (Wildman–Crippen LogP) is 3.34. The van der Waals surface area contributed by atoms with E-state index in [0.717, 1.165) is 25.7 Å². The van der Waals surface area contributed by atoms with Gasteiger partial charge in [0.1, 0.15) is 5.82 Å². The van der Waals surface area contributed by atoms with Crippen molar-refractivity contribution in [2.24, 2.45) is 5.92 Å². The molecular weight excluding hydrogens is 449 g/mol. The van der Waals surface area contributed by atoms with Crippen molar-refractivity contribution in [2.75, 3.05) is 20.6 Å². The number of rotatable bonds is 8. The van der Waals surface area contributed by atoms with Gasteiger partial charge < -0.3 is 15.3 Å². The van der Waals surface area contributed by atoms with Crippen molar-refractivity contribution < 1.29 is 23.9 Å². The Kier molecular flexibility index (Phi) is 8.26. The number of hydrogen-bond acceptors (Lipinski definition) is 6. The summed E-state index contributed by atoms with van der Waals surface area (Å²) in [5.41, 5.74) is 0.928. The topological polar surface area (TPSA) is 90.0 Å². The van der Waals surface area contributed by atoms with Gasteiger partial charge in [0.2, 0.25) is 0 Å². The van der Waals surface area contributed by atoms with E-state index in [4.69, 9.17) is 11.6 Å². The Morgan fingerprint density at radius 3 is 2.58 bits per heavy atom. The molecule has 1 aliphatic heterocycles. The SMILES string of the molecule is CN(C)C(N/C(C=O)=C1/CCN(Cc2ccc(F)c(Cl)c2)C(=O)/C1=C(\O)C=O)C1CCCC1. The monoisotopic (exact) mass is 477 g/mol. The van der Waals surface area contributed by atoms with Crippen molar-refractivity contribution in [3.05, 3.63) is 57.2 Å². The molecule has 2 N–H and O–H groups in total. The van der Waals surface area contributed by atoms with Gasteiger partial charge in [-0.2, -0.15) is 0 Å². The van der Waals surface area contributed by atoms with Crippen molar-refractivity contribution in [1.82, 2.24) is 15.1 Å². The molecule has 1 atom stereocenters. The van der Waals surface area contributed by atoms with Crippen LogP contribution in [0.1, 0.15) is 37.7 Å². The Morgan fingerprint density at radius 1 is 1.30 bits per heavy atom. The van der Waals surface area contributed by atoms with Gasteiger partial charge in [-0.3, -0.25) is 19.3 Å². The lowest BCUT2D eigenvalue weighted by molar-refractivity contribution is -0.129. The second kappa shape index (κ2) is 10.9. The van der Waals surface area contributed by atoms with Crippen molar-refractivity contribution in [2.45, 2.75) is 44.8 Å². The molecule has 1 saturated heterocycles. The average Bonchev–Trinajstić information content (AvgIpc) is 3.32. The van der Waals surface area contributed by atoms with Crippen LogP contribution in [-0.4, -0.2) is 60.2 Å². The van der Waals surface area contributed by atoms with Gasteiger partial charge in [-0.1, -0.05) is 30.5 Å². The minimum Gasteiger partial charge on any atom is -0.504 e. The van der Waals surface area contributed by atoms with Gasteiger partial charge in [-0.15, -0.1) is 0 Å². The molecule has 2 aliphatic rings. The Labute approximate surface area is 197 Å². The van der Waals surface area contributed by atoms with Crippen LogP contribution >= 0.6 is 11.6 Å². The highest BCUT2D eigenvalue weighted by Crippen LogP contribution is 2.32. The van der Waals surface area contributed by atoms with Gasteiger partial charge in [-0.25, -0.2) is 4.39 Å². The molecule has 7 nitrogen and oxygen atoms in total. The fraction of sp³-hybridized carbons (Fsp3) is 0.458. The van der Waals surface area contributed by atoms with Crippen LogP contribution in [0.4, 0.5) is 4.39 Å². The van der Waals surface area contributed by atoms with Gasteiger partial charge in [0.25, 0.3) is 5.91 Å². The molecule has 0 aromatic heterocycles. The first-order chi connectivity index (χ1) is 15.8. The highest BCUT2D eigenvalue weighted by molar-refractivity contribution is 6.30. The maximum atomic E-state index is 13.5. The second-order valence-corrected chi connectivity index (χ2v) is 9.12. The maximum absolute atomic E-state index is 13.5. The number of piperidine rings is 1. The van der Waals surface area contributed by atoms with E-state index >= 15 is 0 Å². The van der Waals surface area contributed by atoms with E-state index < -0.39 is 17.5 Å². The first-order valence-corrected chi connectivity index (χ1v) is 11.4. The molecule has 3 rings (SSSR count). The van der Waals surface area contributed by atoms with Crippen molar-refractivity contribution in [3.8, 4) is 0 Å². The van der Waals surface area contributed by atoms with Crippen LogP contribution in [0.3, 0.4) is 0 Å². The number of allylic oxidation sites excluding steroid dienone is 2. The molecule has 0 spiro atoms. The summed E-state index contributed by atoms with van der Waals surface area (Å²) in [5, 5.41) is 13.5. The zero-order valence-electron chi connectivity index (χ0n) is 18.8. The van der Waals surface area contributed by atoms with Crippen molar-refractivity contribution in [1.29, 1.82) is 0 Å². The number of carbonyl (C=O) groups excluding carboxylic acids is 3. The molecular formula is C24H29ClFN3O4. The maximum Gasteiger partial charge on any atom is 0.258 e. The minimum atomic E-state index is -0.722. The second-order valence-electron chi connectivity index (χ2n) is 8.71. The van der Waals surface area contributed by atoms with E-state index in [2.05, 4.69) is 5.32 Å². The predicted molar refractivity (Wildman–Crippen MR) is 123 cm³/mol. The number of benzene rings is 1. The molecule has 1 amide bonds. The van der Waals surface area contributed by atoms with Crippen LogP contribution in [0, 0.1) is 11.7 Å². The summed E-state index contributed by atoms with van der Waals surface area (Å²) in [6.07, 6.45) is 5.31. The van der Waals surface area contributed by atoms with E-state index in [9.17, 15) is 23.9 Å². The molecule has 1 saturated carbocycles. The van der Waals surface area contributed by atoms with Gasteiger partial charge in [0, 0.05) is 13.1 Å². The van der Waals surface area contributed by atoms with Crippen LogP contribution in [0.15, 0.2) is 40.8 Å². The molecule has 0 radical (unpaired) electrons. The van der Waals surface area contributed by atoms with E-state index in [-0.39, 0.29) is 48.3 Å². The van der Waals surface area contributed by atoms with Crippen LogP contribution in [-0.2, 0) is 20.9 Å². The highest BCUT2D eigenvalue weighted by atomic mass is 35.5. The molecule has 33 heavy (non-hydrogen) atoms. The summed E-state index contributed by atoms with van der Waals surface area (Å²) in [5.74, 6) is -1.51. The Bertz CT molecular complexity index is 986. The first kappa shape index (κ1) is 24.9. The Morgan fingerprint density at radius 2 is 2.00 bits per heavy atom. The number of halogens is 2. The highest BCUT2D eigenvalue weighted by Gasteiger charge is 2.34. The number of nitrogens with one attached hydrogen (secondary N) is 1. The third-order valence-electron chi connectivity index (χ3n) is 6.31. The minimum absolute atomic E-state index is 0.0573. The smallest absolute Gasteiger partial charge is 0.258 e. The summed E-state index contributed by atoms with van der Waals surface area (Å²) in [6.45, 7) is 0.377. The van der Waals surface area contributed by atoms with Crippen molar-refractivity contribution in [3.63, 3.8) is 0 Å². The number of hydrogen-bond donors (Lipinski definition) is 2. The van der Waals surface area contributed by atoms with Gasteiger partial charge in [-0.05, 0) is 62.5 Å². The largest absolute Gasteiger partial charge is 0.504 e. The zero-order valence-corrected chi connectivity index (χ0v) is 19.6. The van der Waals surface area contributed by atoms with Crippen molar-refractivity contribution >= 4 is 30.1 Å². The Hall–Kier alpha value is -2.71. The zero-order chi connectivity index (χ0) is 24.1. The lowest BCUT2D eigenvalue weighted by atomic mass is 9.92. The molecule has 1 unspecified atom stereocenters. The molecule has 1 aromatic rings. The number of nitrogens with zero attached hydrogens (tertiary/aromatic N) is 2. The average molecular weight is 478 g/mol. The third kappa shape index (κ3) is 5.62. The van der Waals surface area contributed by atoms with Crippen LogP contribution in [0.25, 0.3) is 0 Å². The molecule has 178 valence electrons. The lowest BCUT2D eigenvalue weighted by Gasteiger charge is -2.35. The van der Waals surface area contributed by atoms with E-state index in [1.807, 2.05) is 19.0 Å². The fourth-order valence-corrected chi connectivity index (χ4v) is 4.86. The number of aliphatic hydroxyl groups excluding tert-OH is 1. The summed E-state index contributed by atoms with van der Waals surface area (Å²) in [6, 6.07) is 4.17. The molecule has 1 heterocycles. The number of likely N-dealkylation sites (tertiary alicyclic amines) is 1. The summed E-state index contributed by atoms with van der Waals surface area (Å²) < 4.78 is 13.5. The molecule has 0 bridgehead atoms. The number of carbonyl (C=O) groups is 3. The number of aliphatic hydroxyl groups is 1. The standard InChI is InChI=1S/C24H29ClFN3O4/c1-28(2)23(16-5-3-4-6-16)27-20(13-30)17-9-10-29(24(33)22(17)21(32)14-31)12-15-7-8-19(26)18(25)11-15/h7-8,11,13-14,16,23,27,32H,3-6,9-10,12H2,1-2H3/b20-17-,22-21-. The summed E-state index contributed by atoms with van der Waals surface area (Å²) in [7, 11) is 3.84. The Balaban J connectivity index is 1.92. The first-order valence-electron chi connectivity index (χ1n) is 11.0. The normalized spacial score (nSPS) is 21.2. The van der Waals surface area contributed by atoms with Gasteiger partial charge in [0.05, 0.1) is 22.5 Å². The van der Waals surface area contributed by atoms with E-state index in [0.29, 0.717) is 23.3 Å². The molecule has 1 aromatic carbocycles. The number of aldehydes is 2. The van der Waals surface area contributed by atoms with Crippen LogP contribution in [0.2, 0.25) is 5.02 Å². The number of amides is 1. The summed E-state index contributed by atoms with van der Waals surface area (Å²) in [4.78, 5) is 40.2. The molecule has 1 aliphatic carbocycles. The molecule has 2 fully saturated rings. The molecule has 9 heteroatoms. The lowest BCUT2D eigenvalue weighted by Crippen LogP contribution is -2.47. The van der Waals surface area contributed by atoms with Crippen LogP contribution < -0.4 is 5.32 Å². The van der Waals surface area contributed by atoms with Crippen LogP contribution in [0.5, 0.6) is 0 Å². The van der Waals surface area contributed by atoms with E-state index in [1.165, 1.54) is 23.1 Å². The van der Waals surface area contributed by atoms with Gasteiger partial charge >= 0.3 is 0 Å². The quantitative estimate of drug-likeness (QED) is 0.258.